The van der Waals surface area contributed by atoms with Crippen LogP contribution in [-0.2, 0) is 14.2 Å². The molecule has 0 amide bonds. The van der Waals surface area contributed by atoms with Gasteiger partial charge in [-0.15, -0.1) is 0 Å². The molecule has 1 aliphatic rings. The first kappa shape index (κ1) is 12.8. The van der Waals surface area contributed by atoms with Crippen LogP contribution in [0, 0.1) is 0 Å². The van der Waals surface area contributed by atoms with E-state index in [4.69, 9.17) is 14.2 Å². The molecule has 1 unspecified atom stereocenters. The zero-order chi connectivity index (χ0) is 11.4. The number of hydrogen-bond donors (Lipinski definition) is 3. The van der Waals surface area contributed by atoms with Crippen molar-refractivity contribution in [2.75, 3.05) is 27.9 Å². The van der Waals surface area contributed by atoms with E-state index in [-0.39, 0.29) is 6.61 Å². The lowest BCUT2D eigenvalue weighted by Crippen LogP contribution is -2.63. The van der Waals surface area contributed by atoms with Gasteiger partial charge < -0.3 is 29.7 Å². The number of rotatable bonds is 4. The Morgan fingerprint density at radius 1 is 1.33 bits per heavy atom. The second-order valence-electron chi connectivity index (χ2n) is 3.53. The number of hydrogen-bond acceptors (Lipinski definition) is 6. The Balaban J connectivity index is 2.70. The summed E-state index contributed by atoms with van der Waals surface area (Å²) in [5, 5.41) is 22.4. The number of aliphatic hydroxyl groups is 2. The third kappa shape index (κ3) is 2.66. The minimum Gasteiger partial charge on any atom is -0.388 e. The SMILES string of the molecule is CN[C@H]1C(O)O[C@H](COC)[C@H](O)[C@@H]1OC. The summed E-state index contributed by atoms with van der Waals surface area (Å²) in [4.78, 5) is 0. The van der Waals surface area contributed by atoms with Gasteiger partial charge in [-0.1, -0.05) is 0 Å². The van der Waals surface area contributed by atoms with Crippen LogP contribution in [0.5, 0.6) is 0 Å². The van der Waals surface area contributed by atoms with E-state index in [1.807, 2.05) is 0 Å². The first-order valence-corrected chi connectivity index (χ1v) is 4.86. The Labute approximate surface area is 89.1 Å². The molecule has 6 nitrogen and oxygen atoms in total. The zero-order valence-electron chi connectivity index (χ0n) is 9.21. The van der Waals surface area contributed by atoms with Gasteiger partial charge in [0, 0.05) is 14.2 Å². The van der Waals surface area contributed by atoms with E-state index in [1.54, 1.807) is 7.05 Å². The van der Waals surface area contributed by atoms with Crippen LogP contribution < -0.4 is 5.32 Å². The monoisotopic (exact) mass is 221 g/mol. The molecular weight excluding hydrogens is 202 g/mol. The molecule has 15 heavy (non-hydrogen) atoms. The number of likely N-dealkylation sites (N-methyl/N-ethyl adjacent to an activating group) is 1. The van der Waals surface area contributed by atoms with Crippen molar-refractivity contribution in [3.8, 4) is 0 Å². The molecular formula is C9H19NO5. The summed E-state index contributed by atoms with van der Waals surface area (Å²) < 4.78 is 15.2. The lowest BCUT2D eigenvalue weighted by molar-refractivity contribution is -0.259. The fraction of sp³-hybridized carbons (Fsp3) is 1.00. The predicted molar refractivity (Wildman–Crippen MR) is 52.4 cm³/mol. The molecule has 1 aliphatic heterocycles. The van der Waals surface area contributed by atoms with Gasteiger partial charge in [-0.2, -0.15) is 0 Å². The van der Waals surface area contributed by atoms with Crippen molar-refractivity contribution in [3.63, 3.8) is 0 Å². The van der Waals surface area contributed by atoms with E-state index in [2.05, 4.69) is 5.32 Å². The van der Waals surface area contributed by atoms with E-state index in [9.17, 15) is 10.2 Å². The predicted octanol–water partition coefficient (Wildman–Crippen LogP) is -1.69. The number of nitrogens with one attached hydrogen (secondary N) is 1. The maximum absolute atomic E-state index is 9.90. The lowest BCUT2D eigenvalue weighted by atomic mass is 9.97. The molecule has 0 radical (unpaired) electrons. The Bertz CT molecular complexity index is 191. The van der Waals surface area contributed by atoms with Crippen LogP contribution in [0.4, 0.5) is 0 Å². The maximum atomic E-state index is 9.90. The molecule has 0 aromatic heterocycles. The number of methoxy groups -OCH3 is 2. The van der Waals surface area contributed by atoms with Crippen LogP contribution >= 0.6 is 0 Å². The van der Waals surface area contributed by atoms with Crippen molar-refractivity contribution in [1.29, 1.82) is 0 Å². The highest BCUT2D eigenvalue weighted by Crippen LogP contribution is 2.21. The van der Waals surface area contributed by atoms with Gasteiger partial charge in [0.2, 0.25) is 0 Å². The second kappa shape index (κ2) is 5.74. The molecule has 0 aromatic carbocycles. The highest BCUT2D eigenvalue weighted by molar-refractivity contribution is 4.93. The van der Waals surface area contributed by atoms with E-state index in [0.29, 0.717) is 0 Å². The summed E-state index contributed by atoms with van der Waals surface area (Å²) in [5.41, 5.74) is 0. The molecule has 1 rings (SSSR count). The summed E-state index contributed by atoms with van der Waals surface area (Å²) >= 11 is 0. The molecule has 3 N–H and O–H groups in total. The van der Waals surface area contributed by atoms with Crippen molar-refractivity contribution >= 4 is 0 Å². The van der Waals surface area contributed by atoms with E-state index < -0.39 is 30.6 Å². The van der Waals surface area contributed by atoms with Gasteiger partial charge in [-0.3, -0.25) is 0 Å². The highest BCUT2D eigenvalue weighted by atomic mass is 16.6. The highest BCUT2D eigenvalue weighted by Gasteiger charge is 2.44. The molecule has 0 spiro atoms. The molecule has 0 saturated carbocycles. The molecule has 0 bridgehead atoms. The van der Waals surface area contributed by atoms with Gasteiger partial charge in [0.05, 0.1) is 12.6 Å². The lowest BCUT2D eigenvalue weighted by Gasteiger charge is -2.41. The van der Waals surface area contributed by atoms with Gasteiger partial charge in [0.25, 0.3) is 0 Å². The zero-order valence-corrected chi connectivity index (χ0v) is 9.21. The van der Waals surface area contributed by atoms with E-state index in [0.717, 1.165) is 0 Å². The average molecular weight is 221 g/mol. The third-order valence-electron chi connectivity index (χ3n) is 2.63. The van der Waals surface area contributed by atoms with Gasteiger partial charge in [0.15, 0.2) is 6.29 Å². The first-order chi connectivity index (χ1) is 7.15. The van der Waals surface area contributed by atoms with Gasteiger partial charge in [-0.25, -0.2) is 0 Å². The standard InChI is InChI=1S/C9H19NO5/c1-10-6-8(14-3)7(11)5(4-13-2)15-9(6)12/h5-12H,4H2,1-3H3/t5-,6-,7+,8-,9?/m1/s1. The summed E-state index contributed by atoms with van der Waals surface area (Å²) in [7, 11) is 4.67. The number of aliphatic hydroxyl groups excluding tert-OH is 2. The van der Waals surface area contributed by atoms with Crippen molar-refractivity contribution in [3.05, 3.63) is 0 Å². The third-order valence-corrected chi connectivity index (χ3v) is 2.63. The molecule has 1 heterocycles. The van der Waals surface area contributed by atoms with Crippen LogP contribution in [0.1, 0.15) is 0 Å². The quantitative estimate of drug-likeness (QED) is 0.526. The fourth-order valence-corrected chi connectivity index (χ4v) is 1.83. The molecule has 1 fully saturated rings. The first-order valence-electron chi connectivity index (χ1n) is 4.86. The van der Waals surface area contributed by atoms with E-state index >= 15 is 0 Å². The van der Waals surface area contributed by atoms with Crippen molar-refractivity contribution in [2.45, 2.75) is 30.6 Å². The van der Waals surface area contributed by atoms with E-state index in [1.165, 1.54) is 14.2 Å². The van der Waals surface area contributed by atoms with Gasteiger partial charge in [0.1, 0.15) is 18.3 Å². The van der Waals surface area contributed by atoms with Crippen LogP contribution in [0.2, 0.25) is 0 Å². The van der Waals surface area contributed by atoms with Crippen molar-refractivity contribution < 1.29 is 24.4 Å². The van der Waals surface area contributed by atoms with Crippen LogP contribution in [0.15, 0.2) is 0 Å². The normalized spacial score (nSPS) is 41.8. The van der Waals surface area contributed by atoms with Crippen LogP contribution in [-0.4, -0.2) is 68.7 Å². The molecule has 90 valence electrons. The minimum absolute atomic E-state index is 0.217. The number of ether oxygens (including phenoxy) is 3. The summed E-state index contributed by atoms with van der Waals surface area (Å²) in [5.74, 6) is 0. The fourth-order valence-electron chi connectivity index (χ4n) is 1.83. The molecule has 6 heteroatoms. The largest absolute Gasteiger partial charge is 0.388 e. The Kier molecular flexibility index (Phi) is 4.91. The second-order valence-corrected chi connectivity index (χ2v) is 3.53. The van der Waals surface area contributed by atoms with Crippen molar-refractivity contribution in [1.82, 2.24) is 5.32 Å². The van der Waals surface area contributed by atoms with Gasteiger partial charge >= 0.3 is 0 Å². The average Bonchev–Trinajstić information content (AvgIpc) is 2.22. The summed E-state index contributed by atoms with van der Waals surface area (Å²) in [6, 6.07) is -0.446. The van der Waals surface area contributed by atoms with Gasteiger partial charge in [-0.05, 0) is 7.05 Å². The van der Waals surface area contributed by atoms with Crippen LogP contribution in [0.3, 0.4) is 0 Å². The Morgan fingerprint density at radius 3 is 2.47 bits per heavy atom. The van der Waals surface area contributed by atoms with Crippen molar-refractivity contribution in [2.24, 2.45) is 0 Å². The molecule has 0 aromatic rings. The Hall–Kier alpha value is -0.240. The minimum atomic E-state index is -1.01. The smallest absolute Gasteiger partial charge is 0.173 e. The molecule has 1 saturated heterocycles. The molecule has 5 atom stereocenters. The van der Waals surface area contributed by atoms with Crippen LogP contribution in [0.25, 0.3) is 0 Å². The topological polar surface area (TPSA) is 80.2 Å². The summed E-state index contributed by atoms with van der Waals surface area (Å²) in [6.07, 6.45) is -2.92. The maximum Gasteiger partial charge on any atom is 0.173 e. The Morgan fingerprint density at radius 2 is 2.00 bits per heavy atom. The molecule has 0 aliphatic carbocycles. The summed E-state index contributed by atoms with van der Waals surface area (Å²) in [6.45, 7) is 0.217.